The third-order valence-corrected chi connectivity index (χ3v) is 17.6. The van der Waals surface area contributed by atoms with Gasteiger partial charge in [-0.05, 0) is 191 Å². The summed E-state index contributed by atoms with van der Waals surface area (Å²) in [5, 5.41) is 10.0. The molecule has 0 fully saturated rings. The Balaban J connectivity index is 1.09. The average Bonchev–Trinajstić information content (AvgIpc) is 3.89. The van der Waals surface area contributed by atoms with Gasteiger partial charge in [-0.15, -0.1) is 0 Å². The Labute approximate surface area is 429 Å². The van der Waals surface area contributed by atoms with Gasteiger partial charge in [-0.25, -0.2) is 0 Å². The number of fused-ring (bicyclic) bond motifs is 11. The van der Waals surface area contributed by atoms with Crippen LogP contribution >= 0.6 is 0 Å². The second-order valence-corrected chi connectivity index (χ2v) is 22.4. The number of benzene rings is 11. The molecular weight excluding hydrogens is 877 g/mol. The molecule has 348 valence electrons. The molecule has 11 aromatic rings. The smallest absolute Gasteiger partial charge is 0.0159 e. The highest BCUT2D eigenvalue weighted by Gasteiger charge is 2.39. The van der Waals surface area contributed by atoms with Gasteiger partial charge in [0.25, 0.3) is 0 Å². The van der Waals surface area contributed by atoms with E-state index in [1.165, 1.54) is 154 Å². The Bertz CT molecular complexity index is 4310. The van der Waals surface area contributed by atoms with Gasteiger partial charge < -0.3 is 0 Å². The highest BCUT2D eigenvalue weighted by molar-refractivity contribution is 6.24. The first-order chi connectivity index (χ1) is 35.4. The van der Waals surface area contributed by atoms with E-state index in [0.29, 0.717) is 0 Å². The number of hydrogen-bond donors (Lipinski definition) is 0. The molecule has 0 heterocycles. The summed E-state index contributed by atoms with van der Waals surface area (Å²) in [6.45, 7) is 22.9. The fraction of sp³-hybridized carbons (Fsp3) is 0.123. The zero-order chi connectivity index (χ0) is 49.7. The monoisotopic (exact) mass is 932 g/mol. The average molecular weight is 933 g/mol. The van der Waals surface area contributed by atoms with Crippen LogP contribution in [0.3, 0.4) is 0 Å². The van der Waals surface area contributed by atoms with Crippen LogP contribution in [0.4, 0.5) is 0 Å². The number of rotatable bonds is 6. The van der Waals surface area contributed by atoms with Gasteiger partial charge in [-0.3, -0.25) is 0 Å². The summed E-state index contributed by atoms with van der Waals surface area (Å²) in [4.78, 5) is 0. The van der Waals surface area contributed by atoms with Crippen molar-refractivity contribution in [2.75, 3.05) is 0 Å². The van der Waals surface area contributed by atoms with Crippen LogP contribution in [0.5, 0.6) is 0 Å². The summed E-state index contributed by atoms with van der Waals surface area (Å²) in [6.07, 6.45) is 4.05. The van der Waals surface area contributed by atoms with Gasteiger partial charge in [0.1, 0.15) is 0 Å². The molecule has 0 bridgehead atoms. The molecule has 0 aliphatic heterocycles. The summed E-state index contributed by atoms with van der Waals surface area (Å²) in [6, 6.07) is 74.3. The van der Waals surface area contributed by atoms with Crippen LogP contribution in [0.25, 0.3) is 115 Å². The van der Waals surface area contributed by atoms with Gasteiger partial charge >= 0.3 is 0 Å². The molecule has 0 aromatic heterocycles. The normalized spacial score (nSPS) is 15.4. The van der Waals surface area contributed by atoms with Crippen LogP contribution < -0.4 is 0 Å². The van der Waals surface area contributed by atoms with Crippen molar-refractivity contribution in [3.63, 3.8) is 0 Å². The van der Waals surface area contributed by atoms with E-state index < -0.39 is 0 Å². The van der Waals surface area contributed by atoms with Gasteiger partial charge in [0, 0.05) is 16.2 Å². The Kier molecular flexibility index (Phi) is 9.14. The largest absolute Gasteiger partial charge is 0.0987 e. The quantitative estimate of drug-likeness (QED) is 0.146. The van der Waals surface area contributed by atoms with Gasteiger partial charge in [0.05, 0.1) is 0 Å². The second kappa shape index (κ2) is 15.3. The van der Waals surface area contributed by atoms with E-state index in [1.54, 1.807) is 0 Å². The zero-order valence-corrected chi connectivity index (χ0v) is 42.5. The van der Waals surface area contributed by atoms with E-state index in [0.717, 1.165) is 0 Å². The van der Waals surface area contributed by atoms with Crippen LogP contribution in [0, 0.1) is 0 Å². The molecule has 0 nitrogen and oxygen atoms in total. The van der Waals surface area contributed by atoms with Crippen LogP contribution in [0.2, 0.25) is 0 Å². The molecule has 0 N–H and O–H groups in total. The lowest BCUT2D eigenvalue weighted by Crippen LogP contribution is -2.16. The maximum atomic E-state index is 4.30. The summed E-state index contributed by atoms with van der Waals surface area (Å²) in [5.74, 6) is 0. The summed E-state index contributed by atoms with van der Waals surface area (Å²) in [5.41, 5.74) is 25.1. The van der Waals surface area contributed by atoms with Crippen molar-refractivity contribution in [3.8, 4) is 66.8 Å². The maximum absolute atomic E-state index is 4.30. The molecule has 14 rings (SSSR count). The van der Waals surface area contributed by atoms with Gasteiger partial charge in [-0.1, -0.05) is 225 Å². The lowest BCUT2D eigenvalue weighted by Gasteiger charge is -2.26. The Morgan fingerprint density at radius 3 is 1.41 bits per heavy atom. The van der Waals surface area contributed by atoms with Gasteiger partial charge in [0.2, 0.25) is 0 Å². The first kappa shape index (κ1) is 43.5. The third kappa shape index (κ3) is 6.02. The highest BCUT2D eigenvalue weighted by atomic mass is 14.4. The van der Waals surface area contributed by atoms with Crippen molar-refractivity contribution in [2.45, 2.75) is 57.8 Å². The number of hydrogen-bond acceptors (Lipinski definition) is 0. The van der Waals surface area contributed by atoms with Crippen molar-refractivity contribution < 1.29 is 0 Å². The lowest BCUT2D eigenvalue weighted by molar-refractivity contribution is 0.655. The molecule has 0 saturated carbocycles. The topological polar surface area (TPSA) is 0 Å². The number of allylic oxidation sites excluding steroid dienone is 4. The minimum atomic E-state index is -0.242. The van der Waals surface area contributed by atoms with Crippen molar-refractivity contribution in [3.05, 3.63) is 258 Å². The maximum Gasteiger partial charge on any atom is 0.0159 e. The van der Waals surface area contributed by atoms with E-state index in [2.05, 4.69) is 249 Å². The highest BCUT2D eigenvalue weighted by Crippen LogP contribution is 2.56. The Morgan fingerprint density at radius 1 is 0.288 bits per heavy atom. The minimum Gasteiger partial charge on any atom is -0.0987 e. The zero-order valence-electron chi connectivity index (χ0n) is 42.5. The minimum absolute atomic E-state index is 0.158. The van der Waals surface area contributed by atoms with E-state index in [1.807, 2.05) is 12.2 Å². The molecule has 3 aliphatic rings. The van der Waals surface area contributed by atoms with Crippen molar-refractivity contribution >= 4 is 48.7 Å². The van der Waals surface area contributed by atoms with E-state index >= 15 is 0 Å². The Hall–Kier alpha value is -8.32. The molecule has 11 aromatic carbocycles. The predicted molar refractivity (Wildman–Crippen MR) is 314 cm³/mol. The van der Waals surface area contributed by atoms with Crippen LogP contribution in [-0.4, -0.2) is 0 Å². The molecule has 0 spiro atoms. The summed E-state index contributed by atoms with van der Waals surface area (Å²) in [7, 11) is 0. The van der Waals surface area contributed by atoms with Crippen LogP contribution in [0.15, 0.2) is 225 Å². The first-order valence-corrected chi connectivity index (χ1v) is 26.0. The van der Waals surface area contributed by atoms with E-state index in [9.17, 15) is 0 Å². The molecule has 0 atom stereocenters. The molecule has 0 heteroatoms. The van der Waals surface area contributed by atoms with Gasteiger partial charge in [-0.2, -0.15) is 0 Å². The third-order valence-electron chi connectivity index (χ3n) is 17.6. The Morgan fingerprint density at radius 2 is 0.753 bits per heavy atom. The second-order valence-electron chi connectivity index (χ2n) is 22.4. The van der Waals surface area contributed by atoms with E-state index in [4.69, 9.17) is 0 Å². The van der Waals surface area contributed by atoms with Crippen LogP contribution in [0.1, 0.15) is 74.9 Å². The predicted octanol–water partition coefficient (Wildman–Crippen LogP) is 20.0. The SMILES string of the molecule is C=CC1=C(C=C)C(C)(C)c2cc(-c3c4ccc(-c5ccc(-c6ccc7ccccc7c6)c6ccccc56)cc4c(-c4ccc5c(c4)C(C)(C)c4ccccc4-5)c4cc5c(cc34)-c3ccccc3C5(C)C)ccc21. The first-order valence-electron chi connectivity index (χ1n) is 26.0. The molecule has 0 amide bonds. The molecule has 0 radical (unpaired) electrons. The van der Waals surface area contributed by atoms with Crippen molar-refractivity contribution in [1.29, 1.82) is 0 Å². The van der Waals surface area contributed by atoms with Crippen molar-refractivity contribution in [1.82, 2.24) is 0 Å². The molecule has 73 heavy (non-hydrogen) atoms. The molecular formula is C73H56. The fourth-order valence-corrected chi connectivity index (χ4v) is 13.9. The molecule has 0 saturated heterocycles. The molecule has 3 aliphatic carbocycles. The summed E-state index contributed by atoms with van der Waals surface area (Å²) < 4.78 is 0. The van der Waals surface area contributed by atoms with Crippen molar-refractivity contribution in [2.24, 2.45) is 0 Å². The standard InChI is InChI=1S/C73H56/c1-9-49-56-32-30-47(39-66(56)71(3,4)63(49)10-2)69-58-34-29-46(51-36-35-50(52-21-13-14-22-53(51)52)45-28-27-43-19-11-12-20-44(43)37-45)38-60(58)70(48-31-33-57-54-23-15-17-25-64(54)72(5,6)67(57)40-48)62-42-68-59(41-61(62)69)55-24-16-18-26-65(55)73(68,7)8/h9-42H,1-2H2,3-8H3. The van der Waals surface area contributed by atoms with Gasteiger partial charge in [0.15, 0.2) is 0 Å². The van der Waals surface area contributed by atoms with Crippen LogP contribution in [-0.2, 0) is 16.2 Å². The molecule has 0 unspecified atom stereocenters. The van der Waals surface area contributed by atoms with E-state index in [-0.39, 0.29) is 16.2 Å². The summed E-state index contributed by atoms with van der Waals surface area (Å²) >= 11 is 0. The lowest BCUT2D eigenvalue weighted by atomic mass is 9.77. The fourth-order valence-electron chi connectivity index (χ4n) is 13.9.